The normalized spacial score (nSPS) is 25.0. The lowest BCUT2D eigenvalue weighted by Gasteiger charge is -2.47. The highest BCUT2D eigenvalue weighted by Crippen LogP contribution is 2.25. The summed E-state index contributed by atoms with van der Waals surface area (Å²) in [7, 11) is 0. The van der Waals surface area contributed by atoms with Gasteiger partial charge in [-0.2, -0.15) is 0 Å². The fraction of sp³-hybridized carbons (Fsp3) is 0.900. The summed E-state index contributed by atoms with van der Waals surface area (Å²) in [6.45, 7) is 4.76. The maximum absolute atomic E-state index is 11.8. The van der Waals surface area contributed by atoms with Crippen molar-refractivity contribution in [1.29, 1.82) is 0 Å². The first kappa shape index (κ1) is 9.77. The number of urea groups is 1. The quantitative estimate of drug-likeness (QED) is 0.672. The minimum absolute atomic E-state index is 0.112. The zero-order valence-electron chi connectivity index (χ0n) is 8.70. The molecule has 2 fully saturated rings. The Bertz CT molecular complexity index is 230. The van der Waals surface area contributed by atoms with Gasteiger partial charge in [0.05, 0.1) is 18.7 Å². The SMILES string of the molecule is CCC1(O)CN(C(=O)N2CCCC2)C1. The molecule has 2 amide bonds. The summed E-state index contributed by atoms with van der Waals surface area (Å²) in [5.74, 6) is 0. The summed E-state index contributed by atoms with van der Waals surface area (Å²) >= 11 is 0. The van der Waals surface area contributed by atoms with Crippen LogP contribution in [0.1, 0.15) is 26.2 Å². The number of hydrogen-bond acceptors (Lipinski definition) is 2. The lowest BCUT2D eigenvalue weighted by atomic mass is 9.92. The van der Waals surface area contributed by atoms with Crippen molar-refractivity contribution < 1.29 is 9.90 Å². The highest BCUT2D eigenvalue weighted by atomic mass is 16.3. The number of carbonyl (C=O) groups is 1. The average molecular weight is 198 g/mol. The van der Waals surface area contributed by atoms with Crippen molar-refractivity contribution in [2.45, 2.75) is 31.8 Å². The van der Waals surface area contributed by atoms with Crippen LogP contribution in [0.4, 0.5) is 4.79 Å². The van der Waals surface area contributed by atoms with E-state index in [1.165, 1.54) is 0 Å². The predicted octanol–water partition coefficient (Wildman–Crippen LogP) is 0.659. The highest BCUT2D eigenvalue weighted by molar-refractivity contribution is 5.76. The topological polar surface area (TPSA) is 43.8 Å². The van der Waals surface area contributed by atoms with Crippen molar-refractivity contribution >= 4 is 6.03 Å². The molecule has 2 saturated heterocycles. The summed E-state index contributed by atoms with van der Waals surface area (Å²) in [6.07, 6.45) is 2.98. The number of nitrogens with zero attached hydrogens (tertiary/aromatic N) is 2. The van der Waals surface area contributed by atoms with Crippen LogP contribution in [0.25, 0.3) is 0 Å². The fourth-order valence-electron chi connectivity index (χ4n) is 2.13. The average Bonchev–Trinajstić information content (AvgIpc) is 2.64. The Morgan fingerprint density at radius 3 is 2.36 bits per heavy atom. The van der Waals surface area contributed by atoms with Gasteiger partial charge in [-0.15, -0.1) is 0 Å². The van der Waals surface area contributed by atoms with Crippen LogP contribution in [-0.2, 0) is 0 Å². The third-order valence-electron chi connectivity index (χ3n) is 3.28. The van der Waals surface area contributed by atoms with E-state index in [2.05, 4.69) is 0 Å². The summed E-state index contributed by atoms with van der Waals surface area (Å²) < 4.78 is 0. The Labute approximate surface area is 84.5 Å². The van der Waals surface area contributed by atoms with Crippen LogP contribution in [0, 0.1) is 0 Å². The number of hydrogen-bond donors (Lipinski definition) is 1. The number of carbonyl (C=O) groups excluding carboxylic acids is 1. The highest BCUT2D eigenvalue weighted by Gasteiger charge is 2.43. The van der Waals surface area contributed by atoms with E-state index in [4.69, 9.17) is 0 Å². The van der Waals surface area contributed by atoms with Crippen LogP contribution in [0.2, 0.25) is 0 Å². The molecule has 0 aromatic heterocycles. The van der Waals surface area contributed by atoms with Gasteiger partial charge in [-0.05, 0) is 19.3 Å². The molecule has 0 radical (unpaired) electrons. The molecule has 0 aromatic carbocycles. The Hall–Kier alpha value is -0.770. The smallest absolute Gasteiger partial charge is 0.320 e. The van der Waals surface area contributed by atoms with Crippen molar-refractivity contribution in [2.75, 3.05) is 26.2 Å². The molecule has 4 heteroatoms. The molecule has 2 heterocycles. The van der Waals surface area contributed by atoms with E-state index in [1.54, 1.807) is 4.90 Å². The van der Waals surface area contributed by atoms with Gasteiger partial charge in [0.15, 0.2) is 0 Å². The minimum Gasteiger partial charge on any atom is -0.386 e. The van der Waals surface area contributed by atoms with Crippen molar-refractivity contribution in [2.24, 2.45) is 0 Å². The van der Waals surface area contributed by atoms with Crippen LogP contribution < -0.4 is 0 Å². The molecule has 0 aliphatic carbocycles. The lowest BCUT2D eigenvalue weighted by molar-refractivity contribution is -0.0822. The third-order valence-corrected chi connectivity index (χ3v) is 3.28. The van der Waals surface area contributed by atoms with Crippen LogP contribution in [0.3, 0.4) is 0 Å². The summed E-state index contributed by atoms with van der Waals surface area (Å²) in [5, 5.41) is 9.77. The van der Waals surface area contributed by atoms with E-state index < -0.39 is 5.60 Å². The standard InChI is InChI=1S/C10H18N2O2/c1-2-10(14)7-12(8-10)9(13)11-5-3-4-6-11/h14H,2-8H2,1H3. The molecule has 0 saturated carbocycles. The third kappa shape index (κ3) is 1.59. The molecular formula is C10H18N2O2. The van der Waals surface area contributed by atoms with E-state index in [-0.39, 0.29) is 6.03 Å². The first-order valence-electron chi connectivity index (χ1n) is 5.41. The molecule has 2 rings (SSSR count). The van der Waals surface area contributed by atoms with Crippen molar-refractivity contribution in [3.05, 3.63) is 0 Å². The molecule has 2 aliphatic rings. The van der Waals surface area contributed by atoms with Gasteiger partial charge in [0.2, 0.25) is 0 Å². The van der Waals surface area contributed by atoms with Gasteiger partial charge in [0.25, 0.3) is 0 Å². The van der Waals surface area contributed by atoms with Gasteiger partial charge in [-0.25, -0.2) is 4.79 Å². The fourth-order valence-corrected chi connectivity index (χ4v) is 2.13. The summed E-state index contributed by atoms with van der Waals surface area (Å²) in [4.78, 5) is 15.4. The van der Waals surface area contributed by atoms with Crippen molar-refractivity contribution in [3.63, 3.8) is 0 Å². The van der Waals surface area contributed by atoms with E-state index in [0.717, 1.165) is 32.4 Å². The van der Waals surface area contributed by atoms with Gasteiger partial charge in [0, 0.05) is 13.1 Å². The largest absolute Gasteiger partial charge is 0.386 e. The van der Waals surface area contributed by atoms with Crippen molar-refractivity contribution in [3.8, 4) is 0 Å². The first-order valence-corrected chi connectivity index (χ1v) is 5.41. The molecule has 0 spiro atoms. The van der Waals surface area contributed by atoms with Crippen molar-refractivity contribution in [1.82, 2.24) is 9.80 Å². The molecule has 0 unspecified atom stereocenters. The van der Waals surface area contributed by atoms with Gasteiger partial charge in [-0.1, -0.05) is 6.92 Å². The monoisotopic (exact) mass is 198 g/mol. The molecule has 14 heavy (non-hydrogen) atoms. The zero-order valence-corrected chi connectivity index (χ0v) is 8.70. The first-order chi connectivity index (χ1) is 6.64. The predicted molar refractivity (Wildman–Crippen MR) is 53.0 cm³/mol. The van der Waals surface area contributed by atoms with Gasteiger partial charge >= 0.3 is 6.03 Å². The molecule has 2 aliphatic heterocycles. The molecule has 80 valence electrons. The second-order valence-corrected chi connectivity index (χ2v) is 4.41. The molecule has 1 N–H and O–H groups in total. The molecule has 0 aromatic rings. The van der Waals surface area contributed by atoms with E-state index in [9.17, 15) is 9.90 Å². The molecule has 4 nitrogen and oxygen atoms in total. The van der Waals surface area contributed by atoms with Crippen LogP contribution in [0.5, 0.6) is 0 Å². The maximum atomic E-state index is 11.8. The maximum Gasteiger partial charge on any atom is 0.320 e. The molecule has 0 atom stereocenters. The second-order valence-electron chi connectivity index (χ2n) is 4.41. The Morgan fingerprint density at radius 2 is 1.86 bits per heavy atom. The van der Waals surface area contributed by atoms with Crippen LogP contribution in [0.15, 0.2) is 0 Å². The Kier molecular flexibility index (Phi) is 2.39. The number of rotatable bonds is 1. The summed E-state index contributed by atoms with van der Waals surface area (Å²) in [6, 6.07) is 0.112. The van der Waals surface area contributed by atoms with E-state index in [0.29, 0.717) is 13.1 Å². The Balaban J connectivity index is 1.84. The van der Waals surface area contributed by atoms with E-state index in [1.807, 2.05) is 11.8 Å². The van der Waals surface area contributed by atoms with Gasteiger partial charge < -0.3 is 14.9 Å². The summed E-state index contributed by atoms with van der Waals surface area (Å²) in [5.41, 5.74) is -0.602. The van der Waals surface area contributed by atoms with E-state index >= 15 is 0 Å². The van der Waals surface area contributed by atoms with Gasteiger partial charge in [-0.3, -0.25) is 0 Å². The number of likely N-dealkylation sites (tertiary alicyclic amines) is 2. The number of amides is 2. The lowest BCUT2D eigenvalue weighted by Crippen LogP contribution is -2.65. The number of aliphatic hydroxyl groups is 1. The van der Waals surface area contributed by atoms with Gasteiger partial charge in [0.1, 0.15) is 0 Å². The van der Waals surface area contributed by atoms with Crippen LogP contribution >= 0.6 is 0 Å². The molecular weight excluding hydrogens is 180 g/mol. The minimum atomic E-state index is -0.602. The molecule has 0 bridgehead atoms. The number of β-amino-alcohol motifs (C(OH)–C–C–N with tert-alkyl or cyclic N) is 1. The van der Waals surface area contributed by atoms with Crippen LogP contribution in [-0.4, -0.2) is 52.7 Å². The zero-order chi connectivity index (χ0) is 10.2. The second kappa shape index (κ2) is 3.42. The Morgan fingerprint density at radius 1 is 1.29 bits per heavy atom.